The Bertz CT molecular complexity index is 1140. The second-order valence-corrected chi connectivity index (χ2v) is 14.2. The SMILES string of the molecule is CC/C=C\C/C=C\C/C=C\C/C=C\CCCCCCCCC(=O)OC(COC(=O)CCCCC/C=C\C/C=C\C/C=C\CC)COP(=O)(O)OCCN. The number of phosphoric acid groups is 1. The largest absolute Gasteiger partial charge is 0.472 e. The van der Waals surface area contributed by atoms with Gasteiger partial charge in [0.05, 0.1) is 13.2 Å². The van der Waals surface area contributed by atoms with E-state index in [0.29, 0.717) is 12.8 Å². The molecule has 0 aromatic rings. The van der Waals surface area contributed by atoms with Crippen LogP contribution in [-0.4, -0.2) is 49.3 Å². The highest BCUT2D eigenvalue weighted by molar-refractivity contribution is 7.47. The van der Waals surface area contributed by atoms with Crippen LogP contribution < -0.4 is 5.73 Å². The summed E-state index contributed by atoms with van der Waals surface area (Å²) < 4.78 is 32.7. The van der Waals surface area contributed by atoms with Crippen LogP contribution in [0.15, 0.2) is 85.1 Å². The Morgan fingerprint density at radius 2 is 0.981 bits per heavy atom. The van der Waals surface area contributed by atoms with E-state index in [1.807, 2.05) is 0 Å². The van der Waals surface area contributed by atoms with E-state index in [0.717, 1.165) is 103 Å². The summed E-state index contributed by atoms with van der Waals surface area (Å²) >= 11 is 0. The Kier molecular flexibility index (Phi) is 36.8. The Morgan fingerprint density at radius 1 is 0.566 bits per heavy atom. The Morgan fingerprint density at radius 3 is 1.47 bits per heavy atom. The number of ether oxygens (including phenoxy) is 2. The van der Waals surface area contributed by atoms with Crippen LogP contribution in [0.3, 0.4) is 0 Å². The molecule has 0 fully saturated rings. The van der Waals surface area contributed by atoms with E-state index in [9.17, 15) is 19.0 Å². The van der Waals surface area contributed by atoms with Gasteiger partial charge in [-0.25, -0.2) is 4.57 Å². The van der Waals surface area contributed by atoms with Gasteiger partial charge in [0.15, 0.2) is 6.10 Å². The fourth-order valence-corrected chi connectivity index (χ4v) is 5.64. The van der Waals surface area contributed by atoms with Gasteiger partial charge in [0.2, 0.25) is 0 Å². The zero-order valence-electron chi connectivity index (χ0n) is 33.0. The summed E-state index contributed by atoms with van der Waals surface area (Å²) in [7, 11) is -4.39. The Balaban J connectivity index is 4.27. The lowest BCUT2D eigenvalue weighted by atomic mass is 10.1. The number of nitrogens with two attached hydrogens (primary N) is 1. The molecule has 2 unspecified atom stereocenters. The number of allylic oxidation sites excluding steroid dienone is 14. The van der Waals surface area contributed by atoms with Crippen LogP contribution in [0.25, 0.3) is 0 Å². The zero-order valence-corrected chi connectivity index (χ0v) is 33.9. The normalized spacial score (nSPS) is 14.3. The van der Waals surface area contributed by atoms with E-state index in [4.69, 9.17) is 24.3 Å². The minimum absolute atomic E-state index is 0.0417. The van der Waals surface area contributed by atoms with Crippen molar-refractivity contribution in [2.45, 2.75) is 148 Å². The molecule has 0 saturated carbocycles. The van der Waals surface area contributed by atoms with E-state index in [2.05, 4.69) is 98.9 Å². The van der Waals surface area contributed by atoms with Crippen LogP contribution in [0.2, 0.25) is 0 Å². The van der Waals surface area contributed by atoms with Crippen molar-refractivity contribution in [3.8, 4) is 0 Å². The van der Waals surface area contributed by atoms with Crippen LogP contribution in [0.1, 0.15) is 142 Å². The van der Waals surface area contributed by atoms with Crippen LogP contribution in [0.4, 0.5) is 0 Å². The van der Waals surface area contributed by atoms with E-state index >= 15 is 0 Å². The van der Waals surface area contributed by atoms with Gasteiger partial charge in [-0.2, -0.15) is 0 Å². The molecule has 2 atom stereocenters. The molecule has 302 valence electrons. The maximum Gasteiger partial charge on any atom is 0.472 e. The molecule has 53 heavy (non-hydrogen) atoms. The van der Waals surface area contributed by atoms with Crippen molar-refractivity contribution in [3.05, 3.63) is 85.1 Å². The number of hydrogen-bond donors (Lipinski definition) is 2. The van der Waals surface area contributed by atoms with Crippen molar-refractivity contribution in [1.82, 2.24) is 0 Å². The third kappa shape index (κ3) is 38.7. The average Bonchev–Trinajstić information content (AvgIpc) is 3.14. The molecule has 0 aliphatic heterocycles. The molecule has 0 aliphatic carbocycles. The van der Waals surface area contributed by atoms with Gasteiger partial charge < -0.3 is 20.1 Å². The third-order valence-corrected chi connectivity index (χ3v) is 8.76. The molecule has 0 saturated heterocycles. The predicted octanol–water partition coefficient (Wildman–Crippen LogP) is 11.3. The second-order valence-electron chi connectivity index (χ2n) is 12.7. The number of carbonyl (C=O) groups is 2. The summed E-state index contributed by atoms with van der Waals surface area (Å²) in [4.78, 5) is 34.8. The summed E-state index contributed by atoms with van der Waals surface area (Å²) in [6.07, 6.45) is 47.6. The van der Waals surface area contributed by atoms with Crippen molar-refractivity contribution >= 4 is 19.8 Å². The summed E-state index contributed by atoms with van der Waals surface area (Å²) in [5.41, 5.74) is 5.33. The molecule has 0 amide bonds. The first kappa shape index (κ1) is 50.2. The number of phosphoric ester groups is 1. The highest BCUT2D eigenvalue weighted by Gasteiger charge is 2.25. The highest BCUT2D eigenvalue weighted by Crippen LogP contribution is 2.43. The topological polar surface area (TPSA) is 134 Å². The first-order valence-corrected chi connectivity index (χ1v) is 21.6. The molecule has 0 radical (unpaired) electrons. The van der Waals surface area contributed by atoms with Gasteiger partial charge in [0.1, 0.15) is 6.61 Å². The number of unbranched alkanes of at least 4 members (excludes halogenated alkanes) is 9. The van der Waals surface area contributed by atoms with Gasteiger partial charge in [-0.3, -0.25) is 18.6 Å². The predicted molar refractivity (Wildman–Crippen MR) is 219 cm³/mol. The Labute approximate surface area is 322 Å². The van der Waals surface area contributed by atoms with Crippen LogP contribution >= 0.6 is 7.82 Å². The molecule has 0 aliphatic rings. The van der Waals surface area contributed by atoms with Crippen molar-refractivity contribution in [1.29, 1.82) is 0 Å². The summed E-state index contributed by atoms with van der Waals surface area (Å²) in [5.74, 6) is -0.890. The highest BCUT2D eigenvalue weighted by atomic mass is 31.2. The fraction of sp³-hybridized carbons (Fsp3) is 0.628. The van der Waals surface area contributed by atoms with E-state index in [1.165, 1.54) is 0 Å². The third-order valence-electron chi connectivity index (χ3n) is 7.78. The van der Waals surface area contributed by atoms with Gasteiger partial charge in [0, 0.05) is 19.4 Å². The maximum atomic E-state index is 12.6. The monoisotopic (exact) mass is 761 g/mol. The standard InChI is InChI=1S/C43H72NO8P/c1-3-5-7-9-11-13-15-17-18-19-20-21-22-24-26-28-30-32-34-36-43(46)52-41(40-51-53(47,48)50-38-37-44)39-49-42(45)35-33-31-29-27-25-23-16-14-12-10-8-6-4-2/h5-8,11-14,17-18,20-21,23,25,41H,3-4,9-10,15-16,19,22,24,26-40,44H2,1-2H3,(H,47,48)/b7-5-,8-6-,13-11-,14-12-,18-17-,21-20-,25-23-. The molecular formula is C43H72NO8P. The van der Waals surface area contributed by atoms with Crippen molar-refractivity contribution in [2.75, 3.05) is 26.4 Å². The molecule has 0 aromatic carbocycles. The van der Waals surface area contributed by atoms with Gasteiger partial charge in [-0.1, -0.05) is 131 Å². The van der Waals surface area contributed by atoms with E-state index in [1.54, 1.807) is 0 Å². The molecular weight excluding hydrogens is 689 g/mol. The average molecular weight is 762 g/mol. The quantitative estimate of drug-likeness (QED) is 0.0277. The molecule has 0 spiro atoms. The lowest BCUT2D eigenvalue weighted by molar-refractivity contribution is -0.161. The lowest BCUT2D eigenvalue weighted by Crippen LogP contribution is -2.29. The number of hydrogen-bond acceptors (Lipinski definition) is 8. The van der Waals surface area contributed by atoms with E-state index < -0.39 is 32.5 Å². The lowest BCUT2D eigenvalue weighted by Gasteiger charge is -2.19. The minimum Gasteiger partial charge on any atom is -0.462 e. The van der Waals surface area contributed by atoms with Crippen LogP contribution in [0.5, 0.6) is 0 Å². The summed E-state index contributed by atoms with van der Waals surface area (Å²) in [6, 6.07) is 0. The molecule has 0 aromatic heterocycles. The van der Waals surface area contributed by atoms with Gasteiger partial charge in [-0.05, 0) is 83.5 Å². The zero-order chi connectivity index (χ0) is 38.9. The molecule has 0 bridgehead atoms. The van der Waals surface area contributed by atoms with Gasteiger partial charge in [0.25, 0.3) is 0 Å². The molecule has 9 nitrogen and oxygen atoms in total. The summed E-state index contributed by atoms with van der Waals surface area (Å²) in [6.45, 7) is 3.42. The number of carbonyl (C=O) groups excluding carboxylic acids is 2. The van der Waals surface area contributed by atoms with Crippen molar-refractivity contribution < 1.29 is 37.6 Å². The maximum absolute atomic E-state index is 12.6. The van der Waals surface area contributed by atoms with E-state index in [-0.39, 0.29) is 32.6 Å². The fourth-order valence-electron chi connectivity index (χ4n) is 4.87. The summed E-state index contributed by atoms with van der Waals surface area (Å²) in [5, 5.41) is 0. The smallest absolute Gasteiger partial charge is 0.462 e. The van der Waals surface area contributed by atoms with Crippen molar-refractivity contribution in [2.24, 2.45) is 5.73 Å². The first-order valence-electron chi connectivity index (χ1n) is 20.1. The first-order chi connectivity index (χ1) is 25.8. The van der Waals surface area contributed by atoms with Crippen LogP contribution in [0, 0.1) is 0 Å². The van der Waals surface area contributed by atoms with Gasteiger partial charge in [-0.15, -0.1) is 0 Å². The number of esters is 2. The Hall–Kier alpha value is -2.81. The molecule has 3 N–H and O–H groups in total. The molecule has 0 rings (SSSR count). The molecule has 10 heteroatoms. The van der Waals surface area contributed by atoms with Crippen LogP contribution in [-0.2, 0) is 32.7 Å². The number of rotatable bonds is 36. The van der Waals surface area contributed by atoms with Gasteiger partial charge >= 0.3 is 19.8 Å². The molecule has 0 heterocycles. The minimum atomic E-state index is -4.39. The second kappa shape index (κ2) is 38.9. The van der Waals surface area contributed by atoms with Crippen molar-refractivity contribution in [3.63, 3.8) is 0 Å².